The van der Waals surface area contributed by atoms with Crippen LogP contribution in [0.2, 0.25) is 5.02 Å². The van der Waals surface area contributed by atoms with E-state index in [1.54, 1.807) is 0 Å². The lowest BCUT2D eigenvalue weighted by molar-refractivity contribution is -0.121. The molecule has 2 aromatic rings. The zero-order valence-corrected chi connectivity index (χ0v) is 21.2. The van der Waals surface area contributed by atoms with Gasteiger partial charge in [0.25, 0.3) is 15.9 Å². The van der Waals surface area contributed by atoms with Crippen molar-refractivity contribution in [3.63, 3.8) is 0 Å². The molecule has 0 fully saturated rings. The van der Waals surface area contributed by atoms with Gasteiger partial charge in [-0.05, 0) is 61.1 Å². The smallest absolute Gasteiger partial charge is 0.259 e. The number of hydrogen-bond acceptors (Lipinski definition) is 5. The Morgan fingerprint density at radius 2 is 1.94 bits per heavy atom. The maximum Gasteiger partial charge on any atom is 0.259 e. The summed E-state index contributed by atoms with van der Waals surface area (Å²) in [6, 6.07) is 10.0. The quantitative estimate of drug-likeness (QED) is 0.426. The number of rotatable bonds is 10. The van der Waals surface area contributed by atoms with Crippen LogP contribution in [0.3, 0.4) is 0 Å². The summed E-state index contributed by atoms with van der Waals surface area (Å²) in [7, 11) is -4.03. The number of benzene rings is 2. The molecule has 0 aromatic heterocycles. The van der Waals surface area contributed by atoms with E-state index in [1.807, 2.05) is 43.9 Å². The molecular weight excluding hydrogens is 476 g/mol. The van der Waals surface area contributed by atoms with Crippen LogP contribution in [0.5, 0.6) is 0 Å². The van der Waals surface area contributed by atoms with E-state index in [1.165, 1.54) is 18.2 Å². The van der Waals surface area contributed by atoms with Crippen molar-refractivity contribution in [1.82, 2.24) is 15.2 Å². The number of amides is 2. The van der Waals surface area contributed by atoms with Crippen LogP contribution in [0.15, 0.2) is 41.3 Å². The molecule has 0 spiro atoms. The summed E-state index contributed by atoms with van der Waals surface area (Å²) in [5.74, 6) is -0.0271. The van der Waals surface area contributed by atoms with Crippen molar-refractivity contribution >= 4 is 39.1 Å². The number of hydrogen-bond donors (Lipinski definition) is 3. The summed E-state index contributed by atoms with van der Waals surface area (Å²) in [6.07, 6.45) is 1.66. The van der Waals surface area contributed by atoms with Gasteiger partial charge in [0.15, 0.2) is 0 Å². The van der Waals surface area contributed by atoms with Gasteiger partial charge in [-0.15, -0.1) is 4.83 Å². The minimum absolute atomic E-state index is 0.0345. The Labute approximate surface area is 206 Å². The summed E-state index contributed by atoms with van der Waals surface area (Å²) < 4.78 is 25.7. The van der Waals surface area contributed by atoms with E-state index in [0.29, 0.717) is 48.2 Å². The third-order valence-corrected chi connectivity index (χ3v) is 7.25. The Hall–Kier alpha value is -2.62. The highest BCUT2D eigenvalue weighted by molar-refractivity contribution is 7.89. The number of fused-ring (bicyclic) bond motifs is 1. The van der Waals surface area contributed by atoms with Crippen LogP contribution >= 0.6 is 11.6 Å². The lowest BCUT2D eigenvalue weighted by atomic mass is 9.96. The van der Waals surface area contributed by atoms with Gasteiger partial charge in [0, 0.05) is 36.6 Å². The van der Waals surface area contributed by atoms with Gasteiger partial charge in [-0.3, -0.25) is 15.0 Å². The molecule has 0 unspecified atom stereocenters. The average Bonchev–Trinajstić information content (AvgIpc) is 2.80. The fourth-order valence-electron chi connectivity index (χ4n) is 3.73. The molecule has 0 saturated heterocycles. The predicted molar refractivity (Wildman–Crippen MR) is 133 cm³/mol. The van der Waals surface area contributed by atoms with Crippen molar-refractivity contribution in [3.05, 3.63) is 58.1 Å². The number of hydrazine groups is 1. The first-order valence-corrected chi connectivity index (χ1v) is 13.2. The third kappa shape index (κ3) is 6.49. The topological polar surface area (TPSA) is 108 Å². The van der Waals surface area contributed by atoms with Crippen LogP contribution in [-0.2, 0) is 27.8 Å². The molecule has 3 N–H and O–H groups in total. The molecule has 8 nitrogen and oxygen atoms in total. The SMILES string of the molecule is CCN1CCc2cc(CNc3cc(Cl)ccc3S(=O)(=O)NNC(=O)CCC(C)C)ccc2C1=O. The number of sulfonamides is 1. The van der Waals surface area contributed by atoms with E-state index < -0.39 is 15.9 Å². The second-order valence-electron chi connectivity index (χ2n) is 8.71. The highest BCUT2D eigenvalue weighted by Crippen LogP contribution is 2.26. The molecule has 0 bridgehead atoms. The normalized spacial score (nSPS) is 13.7. The van der Waals surface area contributed by atoms with E-state index in [0.717, 1.165) is 17.5 Å². The fraction of sp³-hybridized carbons (Fsp3) is 0.417. The van der Waals surface area contributed by atoms with Gasteiger partial charge < -0.3 is 10.2 Å². The van der Waals surface area contributed by atoms with Gasteiger partial charge in [-0.1, -0.05) is 37.6 Å². The molecule has 1 aliphatic rings. The average molecular weight is 507 g/mol. The number of likely N-dealkylation sites (N-methyl/N-ethyl adjacent to an activating group) is 1. The number of carbonyl (C=O) groups is 2. The predicted octanol–water partition coefficient (Wildman–Crippen LogP) is 3.72. The number of nitrogens with one attached hydrogen (secondary N) is 3. The molecule has 1 heterocycles. The monoisotopic (exact) mass is 506 g/mol. The Morgan fingerprint density at radius 3 is 2.65 bits per heavy atom. The highest BCUT2D eigenvalue weighted by atomic mass is 35.5. The third-order valence-electron chi connectivity index (χ3n) is 5.71. The molecule has 0 saturated carbocycles. The largest absolute Gasteiger partial charge is 0.380 e. The maximum absolute atomic E-state index is 12.9. The number of halogens is 1. The fourth-order valence-corrected chi connectivity index (χ4v) is 4.93. The first-order chi connectivity index (χ1) is 16.1. The second-order valence-corrected chi connectivity index (χ2v) is 10.8. The molecule has 2 amide bonds. The van der Waals surface area contributed by atoms with Crippen LogP contribution in [0.1, 0.15) is 55.1 Å². The Kier molecular flexibility index (Phi) is 8.57. The van der Waals surface area contributed by atoms with E-state index in [9.17, 15) is 18.0 Å². The second kappa shape index (κ2) is 11.2. The lowest BCUT2D eigenvalue weighted by Crippen LogP contribution is -2.41. The van der Waals surface area contributed by atoms with Gasteiger partial charge in [-0.2, -0.15) is 0 Å². The first kappa shape index (κ1) is 26.0. The van der Waals surface area contributed by atoms with Gasteiger partial charge >= 0.3 is 0 Å². The van der Waals surface area contributed by atoms with Gasteiger partial charge in [0.1, 0.15) is 4.90 Å². The zero-order valence-electron chi connectivity index (χ0n) is 19.7. The molecule has 0 atom stereocenters. The summed E-state index contributed by atoms with van der Waals surface area (Å²) in [5, 5.41) is 3.50. The van der Waals surface area contributed by atoms with Gasteiger partial charge in [-0.25, -0.2) is 8.42 Å². The summed E-state index contributed by atoms with van der Waals surface area (Å²) in [5.41, 5.74) is 5.18. The number of anilines is 1. The Balaban J connectivity index is 1.72. The minimum atomic E-state index is -4.03. The zero-order chi connectivity index (χ0) is 24.9. The standard InChI is InChI=1S/C24H31ClN4O4S/c1-4-29-12-11-18-13-17(6-8-20(18)24(29)31)15-26-21-14-19(25)7-9-22(21)34(32,33)28-27-23(30)10-5-16(2)3/h6-9,13-14,16,26,28H,4-5,10-12,15H2,1-3H3,(H,27,30). The van der Waals surface area contributed by atoms with E-state index in [4.69, 9.17) is 11.6 Å². The Bertz CT molecular complexity index is 1170. The number of carbonyl (C=O) groups excluding carboxylic acids is 2. The van der Waals surface area contributed by atoms with E-state index in [-0.39, 0.29) is 17.2 Å². The van der Waals surface area contributed by atoms with Crippen molar-refractivity contribution in [2.45, 2.75) is 51.5 Å². The van der Waals surface area contributed by atoms with Crippen molar-refractivity contribution in [2.75, 3.05) is 18.4 Å². The minimum Gasteiger partial charge on any atom is -0.380 e. The van der Waals surface area contributed by atoms with Crippen LogP contribution in [0, 0.1) is 5.92 Å². The molecule has 2 aromatic carbocycles. The lowest BCUT2D eigenvalue weighted by Gasteiger charge is -2.27. The molecule has 184 valence electrons. The first-order valence-electron chi connectivity index (χ1n) is 11.4. The highest BCUT2D eigenvalue weighted by Gasteiger charge is 2.23. The van der Waals surface area contributed by atoms with Crippen molar-refractivity contribution < 1.29 is 18.0 Å². The molecule has 1 aliphatic heterocycles. The van der Waals surface area contributed by atoms with Crippen molar-refractivity contribution in [1.29, 1.82) is 0 Å². The van der Waals surface area contributed by atoms with Gasteiger partial charge in [0.05, 0.1) is 5.69 Å². The van der Waals surface area contributed by atoms with E-state index >= 15 is 0 Å². The van der Waals surface area contributed by atoms with Crippen LogP contribution in [0.25, 0.3) is 0 Å². The number of nitrogens with zero attached hydrogens (tertiary/aromatic N) is 1. The van der Waals surface area contributed by atoms with Crippen LogP contribution < -0.4 is 15.6 Å². The molecule has 0 radical (unpaired) electrons. The molecule has 3 rings (SSSR count). The molecule has 34 heavy (non-hydrogen) atoms. The summed E-state index contributed by atoms with van der Waals surface area (Å²) in [6.45, 7) is 7.64. The van der Waals surface area contributed by atoms with Crippen LogP contribution in [0.4, 0.5) is 5.69 Å². The molecular formula is C24H31ClN4O4S. The summed E-state index contributed by atoms with van der Waals surface area (Å²) in [4.78, 5) is 28.4. The summed E-state index contributed by atoms with van der Waals surface area (Å²) >= 11 is 6.12. The maximum atomic E-state index is 12.9. The molecule has 0 aliphatic carbocycles. The van der Waals surface area contributed by atoms with Crippen LogP contribution in [-0.4, -0.2) is 38.2 Å². The van der Waals surface area contributed by atoms with E-state index in [2.05, 4.69) is 15.6 Å². The van der Waals surface area contributed by atoms with Crippen molar-refractivity contribution in [2.24, 2.45) is 5.92 Å². The Morgan fingerprint density at radius 1 is 1.18 bits per heavy atom. The van der Waals surface area contributed by atoms with Gasteiger partial charge in [0.2, 0.25) is 5.91 Å². The molecule has 10 heteroatoms. The van der Waals surface area contributed by atoms with Crippen molar-refractivity contribution in [3.8, 4) is 0 Å².